The fourth-order valence-electron chi connectivity index (χ4n) is 1.69. The second-order valence-corrected chi connectivity index (χ2v) is 5.98. The standard InChI is InChI=1S/C13H17ClN6O2/c1-8(19-12(21)22-13(2,3)4)11-17-7-18-20(11)10-6-15-9(14)5-16-10/h5-8H,1-4H3,(H,19,21)/t8-/m0/s1. The van der Waals surface area contributed by atoms with Crippen molar-refractivity contribution < 1.29 is 9.53 Å². The van der Waals surface area contributed by atoms with Gasteiger partial charge < -0.3 is 10.1 Å². The lowest BCUT2D eigenvalue weighted by atomic mass is 10.2. The van der Waals surface area contributed by atoms with Crippen molar-refractivity contribution in [2.75, 3.05) is 0 Å². The highest BCUT2D eigenvalue weighted by Gasteiger charge is 2.21. The number of alkyl carbamates (subject to hydrolysis) is 1. The number of nitrogens with zero attached hydrogens (tertiary/aromatic N) is 5. The molecule has 2 aromatic heterocycles. The number of hydrogen-bond donors (Lipinski definition) is 1. The van der Waals surface area contributed by atoms with Gasteiger partial charge in [0.25, 0.3) is 0 Å². The van der Waals surface area contributed by atoms with Gasteiger partial charge in [0.1, 0.15) is 17.1 Å². The van der Waals surface area contributed by atoms with Crippen LogP contribution in [0.25, 0.3) is 5.82 Å². The van der Waals surface area contributed by atoms with Crippen molar-refractivity contribution in [1.82, 2.24) is 30.0 Å². The average molecular weight is 325 g/mol. The van der Waals surface area contributed by atoms with Crippen molar-refractivity contribution in [3.05, 3.63) is 29.7 Å². The normalized spacial score (nSPS) is 12.8. The van der Waals surface area contributed by atoms with Crippen molar-refractivity contribution in [3.63, 3.8) is 0 Å². The number of carbonyl (C=O) groups is 1. The first-order chi connectivity index (χ1) is 10.3. The van der Waals surface area contributed by atoms with Crippen LogP contribution in [0.5, 0.6) is 0 Å². The predicted molar refractivity (Wildman–Crippen MR) is 79.7 cm³/mol. The fraction of sp³-hybridized carbons (Fsp3) is 0.462. The molecular weight excluding hydrogens is 308 g/mol. The molecule has 118 valence electrons. The number of aromatic nitrogens is 5. The van der Waals surface area contributed by atoms with E-state index in [4.69, 9.17) is 16.3 Å². The molecular formula is C13H17ClN6O2. The van der Waals surface area contributed by atoms with E-state index in [0.29, 0.717) is 11.6 Å². The van der Waals surface area contributed by atoms with Gasteiger partial charge in [-0.15, -0.1) is 0 Å². The lowest BCUT2D eigenvalue weighted by Crippen LogP contribution is -2.35. The minimum Gasteiger partial charge on any atom is -0.444 e. The second-order valence-electron chi connectivity index (χ2n) is 5.60. The molecule has 2 rings (SSSR count). The van der Waals surface area contributed by atoms with E-state index >= 15 is 0 Å². The Balaban J connectivity index is 2.15. The van der Waals surface area contributed by atoms with Gasteiger partial charge in [-0.25, -0.2) is 19.7 Å². The van der Waals surface area contributed by atoms with Gasteiger partial charge in [0, 0.05) is 0 Å². The molecule has 2 heterocycles. The molecule has 0 saturated carbocycles. The number of carbonyl (C=O) groups excluding carboxylic acids is 1. The highest BCUT2D eigenvalue weighted by atomic mass is 35.5. The van der Waals surface area contributed by atoms with E-state index < -0.39 is 17.7 Å². The van der Waals surface area contributed by atoms with Crippen molar-refractivity contribution in [2.45, 2.75) is 39.3 Å². The maximum Gasteiger partial charge on any atom is 0.408 e. The summed E-state index contributed by atoms with van der Waals surface area (Å²) in [5.74, 6) is 0.956. The van der Waals surface area contributed by atoms with Crippen LogP contribution >= 0.6 is 11.6 Å². The summed E-state index contributed by atoms with van der Waals surface area (Å²) in [5, 5.41) is 7.07. The number of halogens is 1. The highest BCUT2D eigenvalue weighted by molar-refractivity contribution is 6.29. The summed E-state index contributed by atoms with van der Waals surface area (Å²) in [4.78, 5) is 24.0. The summed E-state index contributed by atoms with van der Waals surface area (Å²) in [6, 6.07) is -0.421. The predicted octanol–water partition coefficient (Wildman–Crippen LogP) is 2.30. The SMILES string of the molecule is C[C@H](NC(=O)OC(C)(C)C)c1ncnn1-c1cnc(Cl)cn1. The lowest BCUT2D eigenvalue weighted by molar-refractivity contribution is 0.0505. The Morgan fingerprint density at radius 3 is 2.64 bits per heavy atom. The van der Waals surface area contributed by atoms with Crippen LogP contribution in [-0.2, 0) is 4.74 Å². The Hall–Kier alpha value is -2.22. The molecule has 22 heavy (non-hydrogen) atoms. The van der Waals surface area contributed by atoms with E-state index in [-0.39, 0.29) is 5.15 Å². The second kappa shape index (κ2) is 6.27. The summed E-state index contributed by atoms with van der Waals surface area (Å²) in [5.41, 5.74) is -0.570. The Labute approximate surface area is 132 Å². The van der Waals surface area contributed by atoms with Gasteiger partial charge in [-0.3, -0.25) is 0 Å². The average Bonchev–Trinajstić information content (AvgIpc) is 2.86. The van der Waals surface area contributed by atoms with Crippen LogP contribution in [0, 0.1) is 0 Å². The van der Waals surface area contributed by atoms with Crippen molar-refractivity contribution >= 4 is 17.7 Å². The number of hydrogen-bond acceptors (Lipinski definition) is 6. The molecule has 0 aliphatic carbocycles. The van der Waals surface area contributed by atoms with E-state index in [2.05, 4.69) is 25.4 Å². The Kier molecular flexibility index (Phi) is 4.60. The molecule has 0 radical (unpaired) electrons. The van der Waals surface area contributed by atoms with Crippen LogP contribution in [-0.4, -0.2) is 36.4 Å². The van der Waals surface area contributed by atoms with Gasteiger partial charge in [-0.05, 0) is 27.7 Å². The zero-order valence-electron chi connectivity index (χ0n) is 12.7. The zero-order valence-corrected chi connectivity index (χ0v) is 13.5. The van der Waals surface area contributed by atoms with Crippen LogP contribution in [0.1, 0.15) is 39.6 Å². The molecule has 0 aliphatic heterocycles. The van der Waals surface area contributed by atoms with E-state index in [0.717, 1.165) is 0 Å². The molecule has 0 saturated heterocycles. The van der Waals surface area contributed by atoms with Crippen molar-refractivity contribution in [2.24, 2.45) is 0 Å². The third-order valence-electron chi connectivity index (χ3n) is 2.52. The lowest BCUT2D eigenvalue weighted by Gasteiger charge is -2.21. The number of amides is 1. The maximum absolute atomic E-state index is 11.8. The molecule has 0 aromatic carbocycles. The number of nitrogens with one attached hydrogen (secondary N) is 1. The largest absolute Gasteiger partial charge is 0.444 e. The van der Waals surface area contributed by atoms with Crippen molar-refractivity contribution in [3.8, 4) is 5.82 Å². The number of ether oxygens (including phenoxy) is 1. The van der Waals surface area contributed by atoms with Crippen LogP contribution < -0.4 is 5.32 Å². The molecule has 0 aliphatic rings. The van der Waals surface area contributed by atoms with Gasteiger partial charge in [0.15, 0.2) is 11.6 Å². The summed E-state index contributed by atoms with van der Waals surface area (Å²) < 4.78 is 6.69. The third kappa shape index (κ3) is 4.14. The van der Waals surface area contributed by atoms with Crippen LogP contribution in [0.15, 0.2) is 18.7 Å². The molecule has 0 spiro atoms. The zero-order chi connectivity index (χ0) is 16.3. The van der Waals surface area contributed by atoms with E-state index in [9.17, 15) is 4.79 Å². The van der Waals surface area contributed by atoms with Gasteiger partial charge >= 0.3 is 6.09 Å². The van der Waals surface area contributed by atoms with E-state index in [1.54, 1.807) is 27.7 Å². The smallest absolute Gasteiger partial charge is 0.408 e. The first-order valence-corrected chi connectivity index (χ1v) is 7.01. The van der Waals surface area contributed by atoms with Gasteiger partial charge in [0.2, 0.25) is 0 Å². The monoisotopic (exact) mass is 324 g/mol. The number of rotatable bonds is 3. The molecule has 2 aromatic rings. The van der Waals surface area contributed by atoms with Crippen molar-refractivity contribution in [1.29, 1.82) is 0 Å². The summed E-state index contributed by atoms with van der Waals surface area (Å²) in [6.45, 7) is 7.16. The molecule has 1 N–H and O–H groups in total. The molecule has 9 heteroatoms. The first kappa shape index (κ1) is 16.2. The first-order valence-electron chi connectivity index (χ1n) is 6.63. The van der Waals surface area contributed by atoms with E-state index in [1.165, 1.54) is 23.4 Å². The summed E-state index contributed by atoms with van der Waals surface area (Å²) in [7, 11) is 0. The van der Waals surface area contributed by atoms with Crippen LogP contribution in [0.3, 0.4) is 0 Å². The Morgan fingerprint density at radius 1 is 1.32 bits per heavy atom. The van der Waals surface area contributed by atoms with Crippen LogP contribution in [0.4, 0.5) is 4.79 Å². The maximum atomic E-state index is 11.8. The highest BCUT2D eigenvalue weighted by Crippen LogP contribution is 2.15. The molecule has 1 atom stereocenters. The van der Waals surface area contributed by atoms with E-state index in [1.807, 2.05) is 0 Å². The molecule has 8 nitrogen and oxygen atoms in total. The fourth-order valence-corrected chi connectivity index (χ4v) is 1.78. The third-order valence-corrected chi connectivity index (χ3v) is 2.71. The quantitative estimate of drug-likeness (QED) is 0.930. The van der Waals surface area contributed by atoms with Gasteiger partial charge in [-0.1, -0.05) is 11.6 Å². The van der Waals surface area contributed by atoms with Gasteiger partial charge in [0.05, 0.1) is 18.4 Å². The van der Waals surface area contributed by atoms with Crippen LogP contribution in [0.2, 0.25) is 5.15 Å². The summed E-state index contributed by atoms with van der Waals surface area (Å²) >= 11 is 5.71. The minimum absolute atomic E-state index is 0.283. The Morgan fingerprint density at radius 2 is 2.05 bits per heavy atom. The molecule has 0 bridgehead atoms. The Bertz CT molecular complexity index is 649. The molecule has 0 unspecified atom stereocenters. The van der Waals surface area contributed by atoms with Gasteiger partial charge in [-0.2, -0.15) is 9.78 Å². The topological polar surface area (TPSA) is 94.8 Å². The minimum atomic E-state index is -0.570. The summed E-state index contributed by atoms with van der Waals surface area (Å²) in [6.07, 6.45) is 3.73. The molecule has 1 amide bonds. The molecule has 0 fully saturated rings.